The zero-order valence-corrected chi connectivity index (χ0v) is 8.25. The van der Waals surface area contributed by atoms with E-state index in [0.717, 1.165) is 25.8 Å². The molecular weight excluding hydrogens is 166 g/mol. The molecule has 1 aliphatic heterocycles. The van der Waals surface area contributed by atoms with Gasteiger partial charge in [0.15, 0.2) is 0 Å². The van der Waals surface area contributed by atoms with Crippen molar-refractivity contribution in [2.24, 2.45) is 5.73 Å². The molecule has 0 unspecified atom stereocenters. The summed E-state index contributed by atoms with van der Waals surface area (Å²) in [6.45, 7) is 1.54. The maximum Gasteiger partial charge on any atom is 0.317 e. The highest BCUT2D eigenvalue weighted by molar-refractivity contribution is 5.74. The first-order chi connectivity index (χ1) is 6.29. The van der Waals surface area contributed by atoms with Crippen molar-refractivity contribution in [2.45, 2.75) is 31.7 Å². The number of nitrogens with zero attached hydrogens (tertiary/aromatic N) is 1. The lowest BCUT2D eigenvalue weighted by molar-refractivity contribution is 0.149. The standard InChI is InChI=1S/C9H19N3O/c1-11-9(13)12-7-3-2-4-8(12)5-6-10/h8H,2-7,10H2,1H3,(H,11,13)/t8-/m1/s1. The van der Waals surface area contributed by atoms with Gasteiger partial charge >= 0.3 is 6.03 Å². The Hall–Kier alpha value is -0.770. The lowest BCUT2D eigenvalue weighted by Crippen LogP contribution is -2.48. The van der Waals surface area contributed by atoms with Crippen LogP contribution in [-0.4, -0.2) is 37.1 Å². The molecule has 4 heteroatoms. The third-order valence-corrected chi connectivity index (χ3v) is 2.60. The maximum atomic E-state index is 11.4. The number of hydrogen-bond acceptors (Lipinski definition) is 2. The monoisotopic (exact) mass is 185 g/mol. The van der Waals surface area contributed by atoms with E-state index >= 15 is 0 Å². The Bertz CT molecular complexity index is 170. The molecule has 1 aliphatic rings. The van der Waals surface area contributed by atoms with Crippen LogP contribution in [0.1, 0.15) is 25.7 Å². The first-order valence-corrected chi connectivity index (χ1v) is 4.98. The smallest absolute Gasteiger partial charge is 0.317 e. The van der Waals surface area contributed by atoms with Crippen LogP contribution in [0, 0.1) is 0 Å². The minimum Gasteiger partial charge on any atom is -0.341 e. The normalized spacial score (nSPS) is 22.9. The van der Waals surface area contributed by atoms with Crippen LogP contribution in [0.2, 0.25) is 0 Å². The molecule has 1 saturated heterocycles. The molecule has 1 rings (SSSR count). The summed E-state index contributed by atoms with van der Waals surface area (Å²) in [5.74, 6) is 0. The first kappa shape index (κ1) is 10.3. The Balaban J connectivity index is 2.50. The molecule has 0 radical (unpaired) electrons. The van der Waals surface area contributed by atoms with Gasteiger partial charge in [-0.05, 0) is 32.2 Å². The van der Waals surface area contributed by atoms with Gasteiger partial charge in [0.1, 0.15) is 0 Å². The van der Waals surface area contributed by atoms with Crippen molar-refractivity contribution in [1.82, 2.24) is 10.2 Å². The molecule has 3 N–H and O–H groups in total. The minimum absolute atomic E-state index is 0.0400. The predicted molar refractivity (Wildman–Crippen MR) is 52.5 cm³/mol. The van der Waals surface area contributed by atoms with Gasteiger partial charge in [-0.2, -0.15) is 0 Å². The number of amides is 2. The Morgan fingerprint density at radius 1 is 1.62 bits per heavy atom. The molecule has 0 aromatic heterocycles. The van der Waals surface area contributed by atoms with Gasteiger partial charge in [0.05, 0.1) is 0 Å². The highest BCUT2D eigenvalue weighted by atomic mass is 16.2. The molecule has 1 fully saturated rings. The Morgan fingerprint density at radius 3 is 3.00 bits per heavy atom. The number of nitrogens with two attached hydrogens (primary N) is 1. The molecule has 2 amide bonds. The van der Waals surface area contributed by atoms with Gasteiger partial charge in [0, 0.05) is 19.6 Å². The van der Waals surface area contributed by atoms with Crippen LogP contribution in [-0.2, 0) is 0 Å². The zero-order chi connectivity index (χ0) is 9.68. The summed E-state index contributed by atoms with van der Waals surface area (Å²) in [6, 6.07) is 0.400. The Morgan fingerprint density at radius 2 is 2.38 bits per heavy atom. The van der Waals surface area contributed by atoms with Gasteiger partial charge in [0.2, 0.25) is 0 Å². The average molecular weight is 185 g/mol. The number of urea groups is 1. The Kier molecular flexibility index (Phi) is 4.02. The van der Waals surface area contributed by atoms with E-state index in [-0.39, 0.29) is 6.03 Å². The maximum absolute atomic E-state index is 11.4. The van der Waals surface area contributed by atoms with Crippen molar-refractivity contribution in [1.29, 1.82) is 0 Å². The molecule has 1 atom stereocenters. The van der Waals surface area contributed by atoms with Crippen molar-refractivity contribution in [2.75, 3.05) is 20.1 Å². The van der Waals surface area contributed by atoms with Crippen molar-refractivity contribution in [3.63, 3.8) is 0 Å². The topological polar surface area (TPSA) is 58.4 Å². The lowest BCUT2D eigenvalue weighted by Gasteiger charge is -2.35. The summed E-state index contributed by atoms with van der Waals surface area (Å²) in [4.78, 5) is 13.3. The van der Waals surface area contributed by atoms with Gasteiger partial charge in [-0.3, -0.25) is 0 Å². The number of piperidine rings is 1. The summed E-state index contributed by atoms with van der Waals surface area (Å²) >= 11 is 0. The van der Waals surface area contributed by atoms with E-state index in [4.69, 9.17) is 5.73 Å². The van der Waals surface area contributed by atoms with Crippen molar-refractivity contribution >= 4 is 6.03 Å². The molecule has 4 nitrogen and oxygen atoms in total. The number of hydrogen-bond donors (Lipinski definition) is 2. The molecule has 0 aromatic rings. The molecule has 0 aromatic carbocycles. The fourth-order valence-electron chi connectivity index (χ4n) is 1.90. The van der Waals surface area contributed by atoms with Crippen LogP contribution in [0.15, 0.2) is 0 Å². The molecule has 0 spiro atoms. The van der Waals surface area contributed by atoms with E-state index in [2.05, 4.69) is 5.32 Å². The molecule has 76 valence electrons. The lowest BCUT2D eigenvalue weighted by atomic mass is 10.00. The van der Waals surface area contributed by atoms with Crippen LogP contribution in [0.5, 0.6) is 0 Å². The van der Waals surface area contributed by atoms with Crippen LogP contribution >= 0.6 is 0 Å². The van der Waals surface area contributed by atoms with Crippen molar-refractivity contribution in [3.8, 4) is 0 Å². The van der Waals surface area contributed by atoms with Crippen LogP contribution in [0.25, 0.3) is 0 Å². The highest BCUT2D eigenvalue weighted by Gasteiger charge is 2.24. The summed E-state index contributed by atoms with van der Waals surface area (Å²) in [5.41, 5.74) is 5.50. The van der Waals surface area contributed by atoms with Gasteiger partial charge < -0.3 is 16.0 Å². The number of nitrogens with one attached hydrogen (secondary N) is 1. The van der Waals surface area contributed by atoms with Crippen LogP contribution < -0.4 is 11.1 Å². The molecule has 0 saturated carbocycles. The van der Waals surface area contributed by atoms with Crippen LogP contribution in [0.3, 0.4) is 0 Å². The summed E-state index contributed by atoms with van der Waals surface area (Å²) in [7, 11) is 1.68. The summed E-state index contributed by atoms with van der Waals surface area (Å²) in [5, 5.41) is 2.67. The molecule has 0 aliphatic carbocycles. The molecule has 13 heavy (non-hydrogen) atoms. The molecule has 0 bridgehead atoms. The second-order valence-electron chi connectivity index (χ2n) is 3.48. The highest BCUT2D eigenvalue weighted by Crippen LogP contribution is 2.18. The fraction of sp³-hybridized carbons (Fsp3) is 0.889. The Labute approximate surface area is 79.5 Å². The SMILES string of the molecule is CNC(=O)N1CCCC[C@@H]1CCN. The molecular formula is C9H19N3O. The van der Waals surface area contributed by atoms with E-state index in [1.807, 2.05) is 4.90 Å². The number of likely N-dealkylation sites (tertiary alicyclic amines) is 1. The first-order valence-electron chi connectivity index (χ1n) is 4.98. The number of carbonyl (C=O) groups excluding carboxylic acids is 1. The van der Waals surface area contributed by atoms with Gasteiger partial charge in [-0.15, -0.1) is 0 Å². The third kappa shape index (κ3) is 2.59. The zero-order valence-electron chi connectivity index (χ0n) is 8.25. The van der Waals surface area contributed by atoms with Crippen molar-refractivity contribution < 1.29 is 4.79 Å². The summed E-state index contributed by atoms with van der Waals surface area (Å²) < 4.78 is 0. The van der Waals surface area contributed by atoms with Crippen LogP contribution in [0.4, 0.5) is 4.79 Å². The molecule has 1 heterocycles. The number of carbonyl (C=O) groups is 1. The van der Waals surface area contributed by atoms with E-state index in [1.165, 1.54) is 6.42 Å². The van der Waals surface area contributed by atoms with E-state index in [1.54, 1.807) is 7.05 Å². The minimum atomic E-state index is 0.0400. The van der Waals surface area contributed by atoms with Gasteiger partial charge in [-0.1, -0.05) is 0 Å². The van der Waals surface area contributed by atoms with Gasteiger partial charge in [-0.25, -0.2) is 4.79 Å². The summed E-state index contributed by atoms with van der Waals surface area (Å²) in [6.07, 6.45) is 4.37. The van der Waals surface area contributed by atoms with E-state index in [0.29, 0.717) is 12.6 Å². The second kappa shape index (κ2) is 5.07. The average Bonchev–Trinajstić information content (AvgIpc) is 2.18. The second-order valence-corrected chi connectivity index (χ2v) is 3.48. The fourth-order valence-corrected chi connectivity index (χ4v) is 1.90. The van der Waals surface area contributed by atoms with Gasteiger partial charge in [0.25, 0.3) is 0 Å². The third-order valence-electron chi connectivity index (χ3n) is 2.60. The van der Waals surface area contributed by atoms with Crippen molar-refractivity contribution in [3.05, 3.63) is 0 Å². The largest absolute Gasteiger partial charge is 0.341 e. The number of rotatable bonds is 2. The van der Waals surface area contributed by atoms with E-state index < -0.39 is 0 Å². The van der Waals surface area contributed by atoms with E-state index in [9.17, 15) is 4.79 Å². The predicted octanol–water partition coefficient (Wildman–Crippen LogP) is 0.529. The quantitative estimate of drug-likeness (QED) is 0.659.